The first-order chi connectivity index (χ1) is 6.70. The second-order valence-corrected chi connectivity index (χ2v) is 4.17. The molecule has 0 N–H and O–H groups in total. The third kappa shape index (κ3) is 1.47. The SMILES string of the molecule is CC(C)n1ncc2c1CCCCC2=O. The maximum Gasteiger partial charge on any atom is 0.166 e. The topological polar surface area (TPSA) is 34.9 Å². The van der Waals surface area contributed by atoms with Crippen LogP contribution in [0.1, 0.15) is 55.2 Å². The second kappa shape index (κ2) is 3.56. The highest BCUT2D eigenvalue weighted by Crippen LogP contribution is 2.22. The summed E-state index contributed by atoms with van der Waals surface area (Å²) in [4.78, 5) is 11.7. The summed E-state index contributed by atoms with van der Waals surface area (Å²) in [5.74, 6) is 0.268. The van der Waals surface area contributed by atoms with Gasteiger partial charge in [-0.05, 0) is 33.1 Å². The Balaban J connectivity index is 2.45. The first-order valence-corrected chi connectivity index (χ1v) is 5.29. The zero-order chi connectivity index (χ0) is 10.1. The number of Topliss-reactive ketones (excluding diaryl/α,β-unsaturated/α-hetero) is 1. The smallest absolute Gasteiger partial charge is 0.166 e. The van der Waals surface area contributed by atoms with Crippen molar-refractivity contribution in [3.8, 4) is 0 Å². The van der Waals surface area contributed by atoms with Crippen LogP contribution >= 0.6 is 0 Å². The van der Waals surface area contributed by atoms with Crippen LogP contribution in [0.4, 0.5) is 0 Å². The zero-order valence-corrected chi connectivity index (χ0v) is 8.79. The highest BCUT2D eigenvalue weighted by molar-refractivity contribution is 5.97. The van der Waals surface area contributed by atoms with Gasteiger partial charge in [-0.15, -0.1) is 0 Å². The normalized spacial score (nSPS) is 16.9. The van der Waals surface area contributed by atoms with Crippen LogP contribution in [0, 0.1) is 0 Å². The van der Waals surface area contributed by atoms with Crippen molar-refractivity contribution in [2.45, 2.75) is 45.6 Å². The molecule has 2 rings (SSSR count). The van der Waals surface area contributed by atoms with Gasteiger partial charge in [0, 0.05) is 18.2 Å². The predicted molar refractivity (Wildman–Crippen MR) is 54.5 cm³/mol. The van der Waals surface area contributed by atoms with Crippen LogP contribution in [0.3, 0.4) is 0 Å². The summed E-state index contributed by atoms with van der Waals surface area (Å²) in [7, 11) is 0. The summed E-state index contributed by atoms with van der Waals surface area (Å²) in [6.45, 7) is 4.20. The number of carbonyl (C=O) groups is 1. The summed E-state index contributed by atoms with van der Waals surface area (Å²) in [6, 6.07) is 0.352. The van der Waals surface area contributed by atoms with Gasteiger partial charge in [-0.2, -0.15) is 5.10 Å². The molecule has 3 nitrogen and oxygen atoms in total. The van der Waals surface area contributed by atoms with E-state index in [0.29, 0.717) is 12.5 Å². The van der Waals surface area contributed by atoms with Gasteiger partial charge in [-0.25, -0.2) is 0 Å². The summed E-state index contributed by atoms with van der Waals surface area (Å²) >= 11 is 0. The van der Waals surface area contributed by atoms with E-state index in [9.17, 15) is 4.79 Å². The average molecular weight is 192 g/mol. The van der Waals surface area contributed by atoms with Gasteiger partial charge in [-0.3, -0.25) is 9.48 Å². The van der Waals surface area contributed by atoms with E-state index >= 15 is 0 Å². The van der Waals surface area contributed by atoms with E-state index in [1.165, 1.54) is 0 Å². The highest BCUT2D eigenvalue weighted by atomic mass is 16.1. The minimum absolute atomic E-state index is 0.268. The van der Waals surface area contributed by atoms with E-state index in [2.05, 4.69) is 18.9 Å². The van der Waals surface area contributed by atoms with Crippen LogP contribution < -0.4 is 0 Å². The molecule has 0 fully saturated rings. The lowest BCUT2D eigenvalue weighted by atomic mass is 10.1. The largest absolute Gasteiger partial charge is 0.294 e. The monoisotopic (exact) mass is 192 g/mol. The van der Waals surface area contributed by atoms with Crippen molar-refractivity contribution in [3.63, 3.8) is 0 Å². The molecule has 0 saturated carbocycles. The number of ketones is 1. The van der Waals surface area contributed by atoms with Gasteiger partial charge in [0.2, 0.25) is 0 Å². The summed E-state index contributed by atoms with van der Waals surface area (Å²) in [6.07, 6.45) is 5.56. The summed E-state index contributed by atoms with van der Waals surface area (Å²) in [5, 5.41) is 4.29. The fourth-order valence-corrected chi connectivity index (χ4v) is 2.03. The van der Waals surface area contributed by atoms with E-state index < -0.39 is 0 Å². The molecule has 1 aliphatic carbocycles. The predicted octanol–water partition coefficient (Wildman–Crippen LogP) is 2.37. The van der Waals surface area contributed by atoms with E-state index in [1.807, 2.05) is 4.68 Å². The highest BCUT2D eigenvalue weighted by Gasteiger charge is 2.20. The molecular formula is C11H16N2O. The van der Waals surface area contributed by atoms with Gasteiger partial charge < -0.3 is 0 Å². The third-order valence-electron chi connectivity index (χ3n) is 2.76. The Morgan fingerprint density at radius 1 is 1.36 bits per heavy atom. The van der Waals surface area contributed by atoms with Gasteiger partial charge in [0.1, 0.15) is 0 Å². The minimum atomic E-state index is 0.268. The van der Waals surface area contributed by atoms with Crippen LogP contribution in [0.25, 0.3) is 0 Å². The van der Waals surface area contributed by atoms with Crippen LogP contribution in [0.2, 0.25) is 0 Å². The third-order valence-corrected chi connectivity index (χ3v) is 2.76. The van der Waals surface area contributed by atoms with Gasteiger partial charge >= 0.3 is 0 Å². The molecule has 0 bridgehead atoms. The van der Waals surface area contributed by atoms with E-state index in [0.717, 1.165) is 30.5 Å². The molecular weight excluding hydrogens is 176 g/mol. The van der Waals surface area contributed by atoms with Crippen molar-refractivity contribution in [1.82, 2.24) is 9.78 Å². The van der Waals surface area contributed by atoms with Crippen molar-refractivity contribution in [1.29, 1.82) is 0 Å². The Morgan fingerprint density at radius 2 is 2.07 bits per heavy atom. The van der Waals surface area contributed by atoms with Crippen LogP contribution in [0.5, 0.6) is 0 Å². The molecule has 0 radical (unpaired) electrons. The van der Waals surface area contributed by atoms with Gasteiger partial charge in [0.15, 0.2) is 5.78 Å². The lowest BCUT2D eigenvalue weighted by Gasteiger charge is -2.10. The molecule has 1 aliphatic rings. The Hall–Kier alpha value is -1.12. The Kier molecular flexibility index (Phi) is 2.40. The number of nitrogens with zero attached hydrogens (tertiary/aromatic N) is 2. The minimum Gasteiger partial charge on any atom is -0.294 e. The van der Waals surface area contributed by atoms with Crippen LogP contribution in [-0.4, -0.2) is 15.6 Å². The summed E-state index contributed by atoms with van der Waals surface area (Å²) in [5.41, 5.74) is 2.00. The molecule has 1 aromatic rings. The lowest BCUT2D eigenvalue weighted by Crippen LogP contribution is -2.08. The molecule has 1 heterocycles. The molecule has 14 heavy (non-hydrogen) atoms. The van der Waals surface area contributed by atoms with Crippen molar-refractivity contribution in [2.75, 3.05) is 0 Å². The number of fused-ring (bicyclic) bond motifs is 1. The molecule has 0 saturated heterocycles. The number of carbonyl (C=O) groups excluding carboxylic acids is 1. The van der Waals surface area contributed by atoms with E-state index in [4.69, 9.17) is 0 Å². The molecule has 3 heteroatoms. The molecule has 0 unspecified atom stereocenters. The van der Waals surface area contributed by atoms with Crippen molar-refractivity contribution in [2.24, 2.45) is 0 Å². The fraction of sp³-hybridized carbons (Fsp3) is 0.636. The maximum atomic E-state index is 11.7. The molecule has 0 aliphatic heterocycles. The fourth-order valence-electron chi connectivity index (χ4n) is 2.03. The first kappa shape index (κ1) is 9.44. The average Bonchev–Trinajstić information content (AvgIpc) is 2.48. The van der Waals surface area contributed by atoms with Crippen molar-refractivity contribution in [3.05, 3.63) is 17.5 Å². The molecule has 0 aromatic carbocycles. The van der Waals surface area contributed by atoms with E-state index in [-0.39, 0.29) is 5.78 Å². The number of rotatable bonds is 1. The molecule has 76 valence electrons. The van der Waals surface area contributed by atoms with Crippen LogP contribution in [-0.2, 0) is 6.42 Å². The van der Waals surface area contributed by atoms with Gasteiger partial charge in [-0.1, -0.05) is 0 Å². The standard InChI is InChI=1S/C11H16N2O/c1-8(2)13-10-5-3-4-6-11(14)9(10)7-12-13/h7-8H,3-6H2,1-2H3. The lowest BCUT2D eigenvalue weighted by molar-refractivity contribution is 0.0982. The Labute approximate surface area is 84.1 Å². The molecule has 0 amide bonds. The molecule has 0 spiro atoms. The molecule has 1 aromatic heterocycles. The maximum absolute atomic E-state index is 11.7. The van der Waals surface area contributed by atoms with Crippen molar-refractivity contribution >= 4 is 5.78 Å². The van der Waals surface area contributed by atoms with E-state index in [1.54, 1.807) is 6.20 Å². The van der Waals surface area contributed by atoms with Gasteiger partial charge in [0.25, 0.3) is 0 Å². The zero-order valence-electron chi connectivity index (χ0n) is 8.79. The Bertz CT molecular complexity index is 352. The van der Waals surface area contributed by atoms with Crippen molar-refractivity contribution < 1.29 is 4.79 Å². The number of hydrogen-bond acceptors (Lipinski definition) is 2. The molecule has 0 atom stereocenters. The first-order valence-electron chi connectivity index (χ1n) is 5.29. The quantitative estimate of drug-likeness (QED) is 0.640. The number of aromatic nitrogens is 2. The summed E-state index contributed by atoms with van der Waals surface area (Å²) < 4.78 is 1.98. The number of hydrogen-bond donors (Lipinski definition) is 0. The van der Waals surface area contributed by atoms with Crippen LogP contribution in [0.15, 0.2) is 6.20 Å². The second-order valence-electron chi connectivity index (χ2n) is 4.17. The van der Waals surface area contributed by atoms with Gasteiger partial charge in [0.05, 0.1) is 11.8 Å². The Morgan fingerprint density at radius 3 is 2.79 bits per heavy atom.